The van der Waals surface area contributed by atoms with Gasteiger partial charge in [-0.2, -0.15) is 0 Å². The van der Waals surface area contributed by atoms with E-state index in [-0.39, 0.29) is 18.0 Å². The van der Waals surface area contributed by atoms with Crippen LogP contribution in [0.2, 0.25) is 0 Å². The van der Waals surface area contributed by atoms with E-state index < -0.39 is 4.92 Å². The van der Waals surface area contributed by atoms with Crippen molar-refractivity contribution in [1.82, 2.24) is 5.32 Å². The van der Waals surface area contributed by atoms with Crippen LogP contribution in [0, 0.1) is 10.1 Å². The van der Waals surface area contributed by atoms with Gasteiger partial charge in [-0.15, -0.1) is 0 Å². The van der Waals surface area contributed by atoms with E-state index in [1.54, 1.807) is 12.1 Å². The molecule has 1 aliphatic heterocycles. The number of hydrogen-bond acceptors (Lipinski definition) is 6. The molecule has 7 nitrogen and oxygen atoms in total. The fourth-order valence-corrected chi connectivity index (χ4v) is 2.62. The molecule has 0 radical (unpaired) electrons. The second-order valence-corrected chi connectivity index (χ2v) is 6.09. The van der Waals surface area contributed by atoms with Crippen molar-refractivity contribution in [2.45, 2.75) is 12.3 Å². The van der Waals surface area contributed by atoms with Crippen molar-refractivity contribution in [2.75, 3.05) is 32.1 Å². The van der Waals surface area contributed by atoms with Crippen LogP contribution < -0.4 is 15.0 Å². The Balaban J connectivity index is 1.51. The number of benzene rings is 2. The maximum absolute atomic E-state index is 10.6. The third-order valence-corrected chi connectivity index (χ3v) is 4.06. The second kappa shape index (κ2) is 7.50. The summed E-state index contributed by atoms with van der Waals surface area (Å²) in [7, 11) is 4.01. The molecular formula is C18H21N3O4. The first-order chi connectivity index (χ1) is 12.0. The summed E-state index contributed by atoms with van der Waals surface area (Å²) in [5, 5.41) is 14.0. The monoisotopic (exact) mass is 343 g/mol. The molecular weight excluding hydrogens is 322 g/mol. The molecule has 1 fully saturated rings. The highest BCUT2D eigenvalue weighted by Crippen LogP contribution is 2.24. The zero-order chi connectivity index (χ0) is 17.8. The minimum atomic E-state index is -0.431. The number of anilines is 1. The Morgan fingerprint density at radius 3 is 2.48 bits per heavy atom. The average molecular weight is 343 g/mol. The molecule has 7 heteroatoms. The lowest BCUT2D eigenvalue weighted by atomic mass is 10.2. The lowest BCUT2D eigenvalue weighted by Crippen LogP contribution is -2.21. The predicted octanol–water partition coefficient (Wildman–Crippen LogP) is 2.73. The summed E-state index contributed by atoms with van der Waals surface area (Å²) >= 11 is 0. The molecule has 2 atom stereocenters. The molecule has 0 unspecified atom stereocenters. The summed E-state index contributed by atoms with van der Waals surface area (Å²) in [5.74, 6) is 0.591. The Morgan fingerprint density at radius 1 is 1.20 bits per heavy atom. The van der Waals surface area contributed by atoms with Crippen LogP contribution in [0.3, 0.4) is 0 Å². The van der Waals surface area contributed by atoms with E-state index in [2.05, 4.69) is 17.4 Å². The molecule has 0 bridgehead atoms. The first-order valence-electron chi connectivity index (χ1n) is 8.06. The first-order valence-corrected chi connectivity index (χ1v) is 8.06. The Morgan fingerprint density at radius 2 is 1.88 bits per heavy atom. The Kier molecular flexibility index (Phi) is 5.16. The predicted molar refractivity (Wildman–Crippen MR) is 95.0 cm³/mol. The molecule has 1 aliphatic rings. The van der Waals surface area contributed by atoms with Gasteiger partial charge in [0.15, 0.2) is 0 Å². The van der Waals surface area contributed by atoms with Gasteiger partial charge in [0.05, 0.1) is 4.92 Å². The molecule has 1 heterocycles. The van der Waals surface area contributed by atoms with Crippen LogP contribution in [0.1, 0.15) is 11.8 Å². The highest BCUT2D eigenvalue weighted by atomic mass is 16.6. The fourth-order valence-electron chi connectivity index (χ4n) is 2.62. The lowest BCUT2D eigenvalue weighted by molar-refractivity contribution is -0.384. The van der Waals surface area contributed by atoms with Crippen molar-refractivity contribution in [3.63, 3.8) is 0 Å². The van der Waals surface area contributed by atoms with Crippen molar-refractivity contribution < 1.29 is 14.4 Å². The molecule has 1 N–H and O–H groups in total. The van der Waals surface area contributed by atoms with Crippen molar-refractivity contribution in [3.8, 4) is 5.75 Å². The molecule has 0 amide bonds. The molecule has 0 saturated carbocycles. The number of nitrogens with one attached hydrogen (secondary N) is 1. The first kappa shape index (κ1) is 17.2. The number of rotatable bonds is 6. The molecule has 1 saturated heterocycles. The SMILES string of the molecule is CN(C)c1ccc([C@H]2NC[C@@H](COc3ccc([N+](=O)[O-])cc3)O2)cc1. The van der Waals surface area contributed by atoms with Gasteiger partial charge >= 0.3 is 0 Å². The zero-order valence-electron chi connectivity index (χ0n) is 14.2. The largest absolute Gasteiger partial charge is 0.491 e. The Hall–Kier alpha value is -2.64. The van der Waals surface area contributed by atoms with Gasteiger partial charge in [-0.05, 0) is 29.8 Å². The van der Waals surface area contributed by atoms with Crippen LogP contribution in [-0.4, -0.2) is 38.3 Å². The van der Waals surface area contributed by atoms with Gasteiger partial charge in [-0.25, -0.2) is 0 Å². The second-order valence-electron chi connectivity index (χ2n) is 6.09. The van der Waals surface area contributed by atoms with Gasteiger partial charge in [0.25, 0.3) is 5.69 Å². The van der Waals surface area contributed by atoms with E-state index in [1.165, 1.54) is 12.1 Å². The van der Waals surface area contributed by atoms with Gasteiger partial charge in [-0.1, -0.05) is 12.1 Å². The normalized spacial score (nSPS) is 19.6. The van der Waals surface area contributed by atoms with E-state index in [9.17, 15) is 10.1 Å². The summed E-state index contributed by atoms with van der Waals surface area (Å²) in [4.78, 5) is 12.3. The van der Waals surface area contributed by atoms with E-state index in [0.717, 1.165) is 11.3 Å². The van der Waals surface area contributed by atoms with E-state index in [1.807, 2.05) is 31.1 Å². The minimum absolute atomic E-state index is 0.0485. The van der Waals surface area contributed by atoms with Gasteiger partial charge in [0, 0.05) is 38.5 Å². The molecule has 2 aromatic rings. The number of nitro benzene ring substituents is 1. The fraction of sp³-hybridized carbons (Fsp3) is 0.333. The number of nitro groups is 1. The van der Waals surface area contributed by atoms with Crippen LogP contribution in [0.4, 0.5) is 11.4 Å². The van der Waals surface area contributed by atoms with E-state index in [4.69, 9.17) is 9.47 Å². The Bertz CT molecular complexity index is 716. The van der Waals surface area contributed by atoms with Crippen molar-refractivity contribution in [1.29, 1.82) is 0 Å². The highest BCUT2D eigenvalue weighted by Gasteiger charge is 2.26. The topological polar surface area (TPSA) is 76.9 Å². The standard InChI is InChI=1S/C18H21N3O4/c1-20(2)14-5-3-13(4-6-14)18-19-11-17(25-18)12-24-16-9-7-15(8-10-16)21(22)23/h3-10,17-19H,11-12H2,1-2H3/t17-,18-/m0/s1. The number of non-ortho nitro benzene ring substituents is 1. The zero-order valence-corrected chi connectivity index (χ0v) is 14.2. The van der Waals surface area contributed by atoms with Crippen LogP contribution in [0.25, 0.3) is 0 Å². The van der Waals surface area contributed by atoms with Crippen LogP contribution >= 0.6 is 0 Å². The Labute approximate surface area is 146 Å². The molecule has 25 heavy (non-hydrogen) atoms. The quantitative estimate of drug-likeness (QED) is 0.642. The summed E-state index contributed by atoms with van der Waals surface area (Å²) in [5.41, 5.74) is 2.26. The van der Waals surface area contributed by atoms with Crippen LogP contribution in [0.15, 0.2) is 48.5 Å². The number of nitrogens with zero attached hydrogens (tertiary/aromatic N) is 2. The van der Waals surface area contributed by atoms with Gasteiger partial charge in [0.2, 0.25) is 0 Å². The summed E-state index contributed by atoms with van der Waals surface area (Å²) in [6.45, 7) is 1.07. The van der Waals surface area contributed by atoms with Gasteiger partial charge in [0.1, 0.15) is 24.7 Å². The van der Waals surface area contributed by atoms with Crippen molar-refractivity contribution in [2.24, 2.45) is 0 Å². The average Bonchev–Trinajstić information content (AvgIpc) is 3.09. The number of hydrogen-bond donors (Lipinski definition) is 1. The molecule has 0 aromatic heterocycles. The number of ether oxygens (including phenoxy) is 2. The maximum atomic E-state index is 10.6. The van der Waals surface area contributed by atoms with E-state index >= 15 is 0 Å². The molecule has 132 valence electrons. The van der Waals surface area contributed by atoms with Gasteiger partial charge < -0.3 is 14.4 Å². The summed E-state index contributed by atoms with van der Waals surface area (Å²) in [6.07, 6.45) is -0.226. The minimum Gasteiger partial charge on any atom is -0.491 e. The van der Waals surface area contributed by atoms with E-state index in [0.29, 0.717) is 18.9 Å². The third kappa shape index (κ3) is 4.26. The van der Waals surface area contributed by atoms with Crippen LogP contribution in [-0.2, 0) is 4.74 Å². The smallest absolute Gasteiger partial charge is 0.269 e. The molecule has 2 aromatic carbocycles. The van der Waals surface area contributed by atoms with Crippen molar-refractivity contribution in [3.05, 3.63) is 64.2 Å². The van der Waals surface area contributed by atoms with Crippen LogP contribution in [0.5, 0.6) is 5.75 Å². The molecule has 0 aliphatic carbocycles. The highest BCUT2D eigenvalue weighted by molar-refractivity contribution is 5.46. The summed E-state index contributed by atoms with van der Waals surface area (Å²) in [6, 6.07) is 14.3. The molecule has 0 spiro atoms. The van der Waals surface area contributed by atoms with Gasteiger partial charge in [-0.3, -0.25) is 15.4 Å². The third-order valence-electron chi connectivity index (χ3n) is 4.06. The lowest BCUT2D eigenvalue weighted by Gasteiger charge is -2.16. The maximum Gasteiger partial charge on any atom is 0.269 e. The molecule has 3 rings (SSSR count). The van der Waals surface area contributed by atoms with Crippen molar-refractivity contribution >= 4 is 11.4 Å². The summed E-state index contributed by atoms with van der Waals surface area (Å²) < 4.78 is 11.6.